The maximum atomic E-state index is 12.7. The summed E-state index contributed by atoms with van der Waals surface area (Å²) >= 11 is 0. The molecule has 1 amide bonds. The Labute approximate surface area is 169 Å². The number of rotatable bonds is 4. The molecule has 0 atom stereocenters. The summed E-state index contributed by atoms with van der Waals surface area (Å²) in [6.45, 7) is 3.79. The zero-order valence-corrected chi connectivity index (χ0v) is 16.8. The van der Waals surface area contributed by atoms with Crippen molar-refractivity contribution in [3.8, 4) is 11.5 Å². The van der Waals surface area contributed by atoms with Gasteiger partial charge in [-0.1, -0.05) is 30.3 Å². The molecule has 1 aliphatic rings. The van der Waals surface area contributed by atoms with Crippen molar-refractivity contribution in [1.82, 2.24) is 0 Å². The largest absolute Gasteiger partial charge is 0.454 e. The molecule has 0 radical (unpaired) electrons. The summed E-state index contributed by atoms with van der Waals surface area (Å²) in [5, 5.41) is 2.82. The van der Waals surface area contributed by atoms with E-state index in [0.29, 0.717) is 22.9 Å². The van der Waals surface area contributed by atoms with Gasteiger partial charge in [-0.15, -0.1) is 0 Å². The summed E-state index contributed by atoms with van der Waals surface area (Å²) in [5.41, 5.74) is 3.76. The molecule has 1 heterocycles. The molecule has 0 saturated heterocycles. The molecule has 3 aromatic rings. The molecule has 2 N–H and O–H groups in total. The second-order valence-corrected chi connectivity index (χ2v) is 8.78. The van der Waals surface area contributed by atoms with Crippen LogP contribution in [0.1, 0.15) is 27.0 Å². The number of benzene rings is 3. The Morgan fingerprint density at radius 2 is 1.72 bits per heavy atom. The topological polar surface area (TPSA) is 84.5 Å². The van der Waals surface area contributed by atoms with Crippen molar-refractivity contribution in [2.24, 2.45) is 0 Å². The normalized spacial score (nSPS) is 12.8. The Morgan fingerprint density at radius 3 is 2.52 bits per heavy atom. The molecular formula is C22H20N2O4S. The minimum absolute atomic E-state index is 0.149. The van der Waals surface area contributed by atoms with Crippen LogP contribution < -0.4 is 14.8 Å². The number of amides is 1. The van der Waals surface area contributed by atoms with E-state index in [1.54, 1.807) is 30.3 Å². The zero-order valence-electron chi connectivity index (χ0n) is 16.0. The number of ether oxygens (including phenoxy) is 1. The highest BCUT2D eigenvalue weighted by Gasteiger charge is 2.22. The third-order valence-corrected chi connectivity index (χ3v) is 5.95. The molecule has 6 nitrogen and oxygen atoms in total. The van der Waals surface area contributed by atoms with Crippen LogP contribution in [0, 0.1) is 13.8 Å². The molecular weight excluding hydrogens is 388 g/mol. The molecule has 3 aromatic carbocycles. The van der Waals surface area contributed by atoms with Gasteiger partial charge in [0, 0.05) is 5.69 Å². The van der Waals surface area contributed by atoms with Crippen LogP contribution in [-0.4, -0.2) is 14.3 Å². The fraction of sp³-hybridized carbons (Fsp3) is 0.136. The zero-order chi connectivity index (χ0) is 20.6. The Kier molecular flexibility index (Phi) is 4.76. The van der Waals surface area contributed by atoms with Crippen molar-refractivity contribution in [3.05, 3.63) is 82.9 Å². The molecule has 148 valence electrons. The highest BCUT2D eigenvalue weighted by atomic mass is 32.2. The SMILES string of the molecule is Cc1ccc2c(c1)NC(=O)c1cc(NS(=O)(=O)Cc3ccccc3C)ccc1O2. The standard InChI is InChI=1S/C22H20N2O4S/c1-14-7-9-21-19(11-14)23-22(25)18-12-17(8-10-20(18)28-21)24-29(26,27)13-16-6-4-3-5-15(16)2/h3-12,24H,13H2,1-2H3,(H,23,25). The number of hydrogen-bond donors (Lipinski definition) is 2. The van der Waals surface area contributed by atoms with Crippen molar-refractivity contribution in [2.45, 2.75) is 19.6 Å². The van der Waals surface area contributed by atoms with Gasteiger partial charge in [-0.2, -0.15) is 0 Å². The first-order chi connectivity index (χ1) is 13.8. The van der Waals surface area contributed by atoms with Crippen LogP contribution in [0.5, 0.6) is 11.5 Å². The van der Waals surface area contributed by atoms with Crippen molar-refractivity contribution >= 4 is 27.3 Å². The number of hydrogen-bond acceptors (Lipinski definition) is 4. The first-order valence-corrected chi connectivity index (χ1v) is 10.7. The second kappa shape index (κ2) is 7.25. The molecule has 4 rings (SSSR count). The summed E-state index contributed by atoms with van der Waals surface area (Å²) in [6, 6.07) is 17.5. The van der Waals surface area contributed by atoms with Crippen LogP contribution in [0.4, 0.5) is 11.4 Å². The highest BCUT2D eigenvalue weighted by Crippen LogP contribution is 2.37. The summed E-state index contributed by atoms with van der Waals surface area (Å²) in [5.74, 6) is 0.399. The molecule has 0 aromatic heterocycles. The van der Waals surface area contributed by atoms with E-state index in [2.05, 4.69) is 10.0 Å². The van der Waals surface area contributed by atoms with E-state index in [1.807, 2.05) is 38.1 Å². The molecule has 1 aliphatic heterocycles. The minimum atomic E-state index is -3.65. The summed E-state index contributed by atoms with van der Waals surface area (Å²) in [7, 11) is -3.65. The summed E-state index contributed by atoms with van der Waals surface area (Å²) < 4.78 is 33.6. The fourth-order valence-corrected chi connectivity index (χ4v) is 4.48. The van der Waals surface area contributed by atoms with Gasteiger partial charge in [0.2, 0.25) is 10.0 Å². The quantitative estimate of drug-likeness (QED) is 0.661. The van der Waals surface area contributed by atoms with Crippen molar-refractivity contribution in [2.75, 3.05) is 10.0 Å². The van der Waals surface area contributed by atoms with Crippen molar-refractivity contribution < 1.29 is 17.9 Å². The third kappa shape index (κ3) is 4.09. The molecule has 0 spiro atoms. The van der Waals surface area contributed by atoms with Gasteiger partial charge in [0.25, 0.3) is 5.91 Å². The number of fused-ring (bicyclic) bond motifs is 2. The van der Waals surface area contributed by atoms with Crippen LogP contribution in [0.3, 0.4) is 0 Å². The van der Waals surface area contributed by atoms with E-state index >= 15 is 0 Å². The average Bonchev–Trinajstić information content (AvgIpc) is 2.79. The van der Waals surface area contributed by atoms with E-state index < -0.39 is 10.0 Å². The second-order valence-electron chi connectivity index (χ2n) is 7.05. The summed E-state index contributed by atoms with van der Waals surface area (Å²) in [4.78, 5) is 12.7. The lowest BCUT2D eigenvalue weighted by atomic mass is 10.1. The number of carbonyl (C=O) groups excluding carboxylic acids is 1. The lowest BCUT2D eigenvalue weighted by Gasteiger charge is -2.12. The van der Waals surface area contributed by atoms with Crippen molar-refractivity contribution in [3.63, 3.8) is 0 Å². The first-order valence-electron chi connectivity index (χ1n) is 9.10. The molecule has 0 bridgehead atoms. The van der Waals surface area contributed by atoms with E-state index in [4.69, 9.17) is 4.74 Å². The van der Waals surface area contributed by atoms with Gasteiger partial charge in [0.15, 0.2) is 5.75 Å². The third-order valence-electron chi connectivity index (χ3n) is 4.71. The first kappa shape index (κ1) is 19.0. The molecule has 0 unspecified atom stereocenters. The Balaban J connectivity index is 1.60. The van der Waals surface area contributed by atoms with Gasteiger partial charge >= 0.3 is 0 Å². The average molecular weight is 408 g/mol. The van der Waals surface area contributed by atoms with Crippen molar-refractivity contribution in [1.29, 1.82) is 0 Å². The number of sulfonamides is 1. The molecule has 7 heteroatoms. The number of carbonyl (C=O) groups is 1. The maximum absolute atomic E-state index is 12.7. The van der Waals surface area contributed by atoms with E-state index in [1.165, 1.54) is 6.07 Å². The maximum Gasteiger partial charge on any atom is 0.259 e. The minimum Gasteiger partial charge on any atom is -0.454 e. The van der Waals surface area contributed by atoms with Crippen LogP contribution in [-0.2, 0) is 15.8 Å². The monoisotopic (exact) mass is 408 g/mol. The van der Waals surface area contributed by atoms with Crippen LogP contribution in [0.25, 0.3) is 0 Å². The fourth-order valence-electron chi connectivity index (χ4n) is 3.19. The Hall–Kier alpha value is -3.32. The summed E-state index contributed by atoms with van der Waals surface area (Å²) in [6.07, 6.45) is 0. The van der Waals surface area contributed by atoms with Crippen LogP contribution in [0.15, 0.2) is 60.7 Å². The van der Waals surface area contributed by atoms with Gasteiger partial charge < -0.3 is 10.1 Å². The molecule has 0 fully saturated rings. The van der Waals surface area contributed by atoms with Crippen LogP contribution >= 0.6 is 0 Å². The van der Waals surface area contributed by atoms with E-state index in [0.717, 1.165) is 16.7 Å². The molecule has 0 aliphatic carbocycles. The van der Waals surface area contributed by atoms with Crippen LogP contribution in [0.2, 0.25) is 0 Å². The highest BCUT2D eigenvalue weighted by molar-refractivity contribution is 7.91. The lowest BCUT2D eigenvalue weighted by Crippen LogP contribution is -2.16. The van der Waals surface area contributed by atoms with Gasteiger partial charge in [0.05, 0.1) is 17.0 Å². The lowest BCUT2D eigenvalue weighted by molar-refractivity contribution is 0.102. The van der Waals surface area contributed by atoms with Gasteiger partial charge in [-0.25, -0.2) is 8.42 Å². The van der Waals surface area contributed by atoms with Gasteiger partial charge in [-0.3, -0.25) is 9.52 Å². The smallest absolute Gasteiger partial charge is 0.259 e. The number of nitrogens with one attached hydrogen (secondary N) is 2. The Morgan fingerprint density at radius 1 is 0.966 bits per heavy atom. The predicted octanol–water partition coefficient (Wildman–Crippen LogP) is 4.60. The predicted molar refractivity (Wildman–Crippen MR) is 113 cm³/mol. The number of anilines is 2. The number of aryl methyl sites for hydroxylation is 2. The van der Waals surface area contributed by atoms with Gasteiger partial charge in [-0.05, 0) is 60.9 Å². The van der Waals surface area contributed by atoms with Gasteiger partial charge in [0.1, 0.15) is 5.75 Å². The molecule has 29 heavy (non-hydrogen) atoms. The Bertz CT molecular complexity index is 1220. The van der Waals surface area contributed by atoms with E-state index in [9.17, 15) is 13.2 Å². The molecule has 0 saturated carbocycles. The van der Waals surface area contributed by atoms with E-state index in [-0.39, 0.29) is 17.2 Å².